The molecule has 0 aromatic heterocycles. The van der Waals surface area contributed by atoms with E-state index in [1.54, 1.807) is 0 Å². The van der Waals surface area contributed by atoms with Gasteiger partial charge in [0.05, 0.1) is 17.5 Å². The van der Waals surface area contributed by atoms with E-state index in [0.29, 0.717) is 0 Å². The minimum atomic E-state index is -11.2. The van der Waals surface area contributed by atoms with Crippen LogP contribution in [0.1, 0.15) is 45.4 Å². The van der Waals surface area contributed by atoms with Crippen molar-refractivity contribution in [3.8, 4) is 5.75 Å². The molecule has 9 heteroatoms. The molecule has 0 aliphatic heterocycles. The summed E-state index contributed by atoms with van der Waals surface area (Å²) in [6.07, 6.45) is 7.75. The molecule has 0 aliphatic carbocycles. The molecule has 0 atom stereocenters. The molecule has 0 N–H and O–H groups in total. The number of unbranched alkanes of at least 4 members (excludes halogenated alkanes) is 5. The van der Waals surface area contributed by atoms with Crippen molar-refractivity contribution in [2.75, 3.05) is 6.61 Å². The summed E-state index contributed by atoms with van der Waals surface area (Å²) in [5.74, 6) is 0.974. The quantitative estimate of drug-likeness (QED) is 0.0891. The SMILES string of the molecule is CCCCCCCCOc1ccc([S+](c2ccccc2)c2ccccc2)cc1.[F][Sb-]([F])([F])([F])([F])[F]. The first-order valence-electron chi connectivity index (χ1n) is 11.5. The molecule has 194 valence electrons. The molecule has 0 amide bonds. The van der Waals surface area contributed by atoms with Crippen LogP contribution in [0.5, 0.6) is 5.75 Å². The van der Waals surface area contributed by atoms with Gasteiger partial charge in [0, 0.05) is 0 Å². The van der Waals surface area contributed by atoms with Gasteiger partial charge in [0.15, 0.2) is 14.7 Å². The predicted molar refractivity (Wildman–Crippen MR) is 133 cm³/mol. The van der Waals surface area contributed by atoms with Gasteiger partial charge in [-0.1, -0.05) is 75.4 Å². The Morgan fingerprint density at radius 3 is 1.43 bits per heavy atom. The normalized spacial score (nSPS) is 13.4. The first kappa shape index (κ1) is 29.4. The van der Waals surface area contributed by atoms with Gasteiger partial charge in [0.25, 0.3) is 0 Å². The molecular formula is C26H31F6OSSb. The third kappa shape index (κ3) is 14.4. The maximum absolute atomic E-state index is 11.2. The standard InChI is InChI=1S/C26H31OS.6FH.Sb/c1-2-3-4-5-6-13-22-27-23-18-20-26(21-19-23)28(24-14-9-7-10-15-24)25-16-11-8-12-17-25;;;;;;;/h7-12,14-21H,2-6,13,22H2,1H3;6*1H;/q+1;;;;;;;+5/p-6. The van der Waals surface area contributed by atoms with Crippen molar-refractivity contribution in [2.24, 2.45) is 0 Å². The van der Waals surface area contributed by atoms with Crippen molar-refractivity contribution in [3.05, 3.63) is 84.9 Å². The second-order valence-electron chi connectivity index (χ2n) is 7.98. The molecule has 0 saturated carbocycles. The van der Waals surface area contributed by atoms with Crippen LogP contribution in [0.4, 0.5) is 16.9 Å². The van der Waals surface area contributed by atoms with Gasteiger partial charge in [-0.3, -0.25) is 0 Å². The molecule has 3 aromatic carbocycles. The Morgan fingerprint density at radius 1 is 0.571 bits per heavy atom. The zero-order valence-electron chi connectivity index (χ0n) is 19.6. The Balaban J connectivity index is 0.000000540. The molecule has 0 fully saturated rings. The van der Waals surface area contributed by atoms with Crippen LogP contribution in [0, 0.1) is 0 Å². The van der Waals surface area contributed by atoms with Gasteiger partial charge in [0.1, 0.15) is 5.75 Å². The molecule has 0 spiro atoms. The Kier molecular flexibility index (Phi) is 10.5. The number of hydrogen-bond acceptors (Lipinski definition) is 1. The van der Waals surface area contributed by atoms with Gasteiger partial charge >= 0.3 is 36.4 Å². The van der Waals surface area contributed by atoms with Gasteiger partial charge in [0.2, 0.25) is 0 Å². The van der Waals surface area contributed by atoms with E-state index in [-0.39, 0.29) is 10.9 Å². The van der Waals surface area contributed by atoms with Crippen LogP contribution in [0.15, 0.2) is 99.6 Å². The Bertz CT molecular complexity index is 947. The van der Waals surface area contributed by atoms with Crippen LogP contribution in [-0.4, -0.2) is 26.1 Å². The Morgan fingerprint density at radius 2 is 0.971 bits per heavy atom. The molecule has 0 bridgehead atoms. The average Bonchev–Trinajstić information content (AvgIpc) is 2.79. The minimum absolute atomic E-state index is 0.0906. The zero-order chi connectivity index (χ0) is 25.9. The predicted octanol–water partition coefficient (Wildman–Crippen LogP) is 9.66. The van der Waals surface area contributed by atoms with E-state index in [9.17, 15) is 16.9 Å². The van der Waals surface area contributed by atoms with Gasteiger partial charge in [-0.2, -0.15) is 0 Å². The van der Waals surface area contributed by atoms with E-state index < -0.39 is 19.5 Å². The summed E-state index contributed by atoms with van der Waals surface area (Å²) in [6.45, 7) is 3.07. The molecule has 0 aliphatic rings. The number of ether oxygens (including phenoxy) is 1. The van der Waals surface area contributed by atoms with Crippen molar-refractivity contribution in [1.82, 2.24) is 0 Å². The van der Waals surface area contributed by atoms with Crippen molar-refractivity contribution in [1.29, 1.82) is 0 Å². The molecule has 0 heterocycles. The fourth-order valence-corrected chi connectivity index (χ4v) is 5.35. The molecule has 1 nitrogen and oxygen atoms in total. The van der Waals surface area contributed by atoms with Crippen molar-refractivity contribution in [3.63, 3.8) is 0 Å². The van der Waals surface area contributed by atoms with Crippen LogP contribution >= 0.6 is 0 Å². The summed E-state index contributed by atoms with van der Waals surface area (Å²) in [6, 6.07) is 30.2. The van der Waals surface area contributed by atoms with Crippen LogP contribution in [0.3, 0.4) is 0 Å². The summed E-state index contributed by atoms with van der Waals surface area (Å²) >= 11 is -11.2. The van der Waals surface area contributed by atoms with E-state index in [1.807, 2.05) is 0 Å². The summed E-state index contributed by atoms with van der Waals surface area (Å²) in [7, 11) is -0.0906. The van der Waals surface area contributed by atoms with Crippen molar-refractivity contribution in [2.45, 2.75) is 60.1 Å². The summed E-state index contributed by atoms with van der Waals surface area (Å²) in [5, 5.41) is 0. The fourth-order valence-electron chi connectivity index (χ4n) is 3.27. The van der Waals surface area contributed by atoms with Crippen LogP contribution in [0.2, 0.25) is 0 Å². The number of benzene rings is 3. The fraction of sp³-hybridized carbons (Fsp3) is 0.308. The third-order valence-corrected chi connectivity index (χ3v) is 7.01. The first-order valence-corrected chi connectivity index (χ1v) is 18.5. The number of rotatable bonds is 11. The summed E-state index contributed by atoms with van der Waals surface area (Å²) in [4.78, 5) is 4.01. The molecule has 0 unspecified atom stereocenters. The van der Waals surface area contributed by atoms with E-state index >= 15 is 0 Å². The Hall–Kier alpha value is -1.79. The zero-order valence-corrected chi connectivity index (χ0v) is 22.9. The second kappa shape index (κ2) is 12.4. The van der Waals surface area contributed by atoms with Crippen molar-refractivity contribution >= 4 is 30.4 Å². The van der Waals surface area contributed by atoms with Gasteiger partial charge < -0.3 is 4.74 Å². The second-order valence-corrected chi connectivity index (χ2v) is 15.5. The summed E-state index contributed by atoms with van der Waals surface area (Å²) < 4.78 is 65.5. The number of hydrogen-bond donors (Lipinski definition) is 0. The van der Waals surface area contributed by atoms with Crippen LogP contribution in [-0.2, 0) is 10.9 Å². The van der Waals surface area contributed by atoms with E-state index in [1.165, 1.54) is 46.8 Å². The Labute approximate surface area is 208 Å². The van der Waals surface area contributed by atoms with Crippen LogP contribution in [0.25, 0.3) is 0 Å². The van der Waals surface area contributed by atoms with E-state index in [4.69, 9.17) is 4.74 Å². The molecule has 3 aromatic rings. The molecular weight excluding hydrogens is 596 g/mol. The average molecular weight is 627 g/mol. The van der Waals surface area contributed by atoms with E-state index in [0.717, 1.165) is 18.8 Å². The van der Waals surface area contributed by atoms with Crippen LogP contribution < -0.4 is 4.74 Å². The monoisotopic (exact) mass is 626 g/mol. The van der Waals surface area contributed by atoms with E-state index in [2.05, 4.69) is 91.9 Å². The third-order valence-electron chi connectivity index (χ3n) is 4.78. The summed E-state index contributed by atoms with van der Waals surface area (Å²) in [5.41, 5.74) is 0. The number of halogens is 6. The molecule has 0 radical (unpaired) electrons. The molecule has 35 heavy (non-hydrogen) atoms. The topological polar surface area (TPSA) is 9.23 Å². The molecule has 0 saturated heterocycles. The van der Waals surface area contributed by atoms with Gasteiger partial charge in [-0.05, 0) is 55.0 Å². The van der Waals surface area contributed by atoms with Gasteiger partial charge in [-0.25, -0.2) is 0 Å². The maximum atomic E-state index is 9.93. The van der Waals surface area contributed by atoms with Crippen molar-refractivity contribution < 1.29 is 21.6 Å². The molecule has 3 rings (SSSR count). The first-order chi connectivity index (χ1) is 16.3. The van der Waals surface area contributed by atoms with Gasteiger partial charge in [-0.15, -0.1) is 0 Å².